The maximum Gasteiger partial charge on any atom is 0.282 e. The van der Waals surface area contributed by atoms with E-state index in [1.54, 1.807) is 12.3 Å². The zero-order valence-corrected chi connectivity index (χ0v) is 19.8. The van der Waals surface area contributed by atoms with Crippen molar-refractivity contribution in [2.24, 2.45) is 5.10 Å². The molecule has 0 N–H and O–H groups in total. The number of ether oxygens (including phenoxy) is 1. The summed E-state index contributed by atoms with van der Waals surface area (Å²) in [4.78, 5) is 17.9. The van der Waals surface area contributed by atoms with Gasteiger partial charge in [0.15, 0.2) is 0 Å². The van der Waals surface area contributed by atoms with Crippen molar-refractivity contribution in [3.05, 3.63) is 81.0 Å². The Bertz CT molecular complexity index is 1320. The van der Waals surface area contributed by atoms with Crippen LogP contribution in [0.3, 0.4) is 0 Å². The summed E-state index contributed by atoms with van der Waals surface area (Å²) in [6.07, 6.45) is 2.39. The van der Waals surface area contributed by atoms with E-state index in [-0.39, 0.29) is 11.5 Å². The second-order valence-electron chi connectivity index (χ2n) is 7.46. The van der Waals surface area contributed by atoms with Gasteiger partial charge in [-0.15, -0.1) is 0 Å². The van der Waals surface area contributed by atoms with Gasteiger partial charge in [-0.1, -0.05) is 29.8 Å². The lowest BCUT2D eigenvalue weighted by molar-refractivity contribution is 0.340. The summed E-state index contributed by atoms with van der Waals surface area (Å²) in [7, 11) is 0. The minimum Gasteiger partial charge on any atom is -0.494 e. The first-order chi connectivity index (χ1) is 15.5. The van der Waals surface area contributed by atoms with Crippen molar-refractivity contribution in [2.75, 3.05) is 6.61 Å². The Morgan fingerprint density at radius 3 is 2.66 bits per heavy atom. The van der Waals surface area contributed by atoms with Gasteiger partial charge in [-0.25, -0.2) is 4.98 Å². The SMILES string of the molecule is CCOc1ccc(-c2ccc(C=Nn3c([C@H](C)CC)nc4ccc(Br)cc4c3=O)o2)cc1. The van der Waals surface area contributed by atoms with Gasteiger partial charge in [0.05, 0.1) is 23.7 Å². The van der Waals surface area contributed by atoms with Crippen molar-refractivity contribution in [1.29, 1.82) is 0 Å². The maximum absolute atomic E-state index is 13.2. The number of rotatable bonds is 7. The highest BCUT2D eigenvalue weighted by Crippen LogP contribution is 2.25. The molecule has 4 aromatic rings. The number of halogens is 1. The summed E-state index contributed by atoms with van der Waals surface area (Å²) >= 11 is 3.43. The second-order valence-corrected chi connectivity index (χ2v) is 8.38. The van der Waals surface area contributed by atoms with Crippen LogP contribution in [0.4, 0.5) is 0 Å². The monoisotopic (exact) mass is 493 g/mol. The Balaban J connectivity index is 1.69. The molecular weight excluding hydrogens is 470 g/mol. The Hall–Kier alpha value is -3.19. The van der Waals surface area contributed by atoms with E-state index < -0.39 is 0 Å². The highest BCUT2D eigenvalue weighted by atomic mass is 79.9. The normalized spacial score (nSPS) is 12.5. The predicted octanol–water partition coefficient (Wildman–Crippen LogP) is 6.21. The Labute approximate surface area is 194 Å². The van der Waals surface area contributed by atoms with Crippen LogP contribution in [-0.2, 0) is 0 Å². The minimum absolute atomic E-state index is 0.0731. The van der Waals surface area contributed by atoms with Gasteiger partial charge in [-0.05, 0) is 67.9 Å². The fourth-order valence-electron chi connectivity index (χ4n) is 3.35. The third kappa shape index (κ3) is 4.53. The standard InChI is InChI=1S/C25H24BrN3O3/c1-4-16(3)24-28-22-12-8-18(26)14-21(22)25(30)29(24)27-15-20-11-13-23(32-20)17-6-9-19(10-7-17)31-5-2/h6-16H,4-5H2,1-3H3/t16-/m1/s1. The molecule has 0 aliphatic heterocycles. The van der Waals surface area contributed by atoms with Crippen LogP contribution in [0.1, 0.15) is 44.7 Å². The first-order valence-corrected chi connectivity index (χ1v) is 11.4. The van der Waals surface area contributed by atoms with Crippen molar-refractivity contribution in [3.8, 4) is 17.1 Å². The summed E-state index contributed by atoms with van der Waals surface area (Å²) in [5, 5.41) is 4.97. The summed E-state index contributed by atoms with van der Waals surface area (Å²) in [5.41, 5.74) is 1.39. The zero-order chi connectivity index (χ0) is 22.7. The lowest BCUT2D eigenvalue weighted by Gasteiger charge is -2.13. The Morgan fingerprint density at radius 1 is 1.16 bits per heavy atom. The van der Waals surface area contributed by atoms with Gasteiger partial charge in [0.25, 0.3) is 5.56 Å². The summed E-state index contributed by atoms with van der Waals surface area (Å²) in [6, 6.07) is 16.9. The van der Waals surface area contributed by atoms with Crippen LogP contribution < -0.4 is 10.3 Å². The fraction of sp³-hybridized carbons (Fsp3) is 0.240. The molecule has 0 saturated heterocycles. The van der Waals surface area contributed by atoms with Crippen LogP contribution in [0.2, 0.25) is 0 Å². The molecule has 7 heteroatoms. The van der Waals surface area contributed by atoms with Gasteiger partial charge in [-0.2, -0.15) is 9.78 Å². The molecule has 0 aliphatic rings. The third-order valence-corrected chi connectivity index (χ3v) is 5.76. The molecule has 2 heterocycles. The Kier molecular flexibility index (Phi) is 6.55. The van der Waals surface area contributed by atoms with Gasteiger partial charge in [0, 0.05) is 16.0 Å². The van der Waals surface area contributed by atoms with Crippen LogP contribution in [0.25, 0.3) is 22.2 Å². The van der Waals surface area contributed by atoms with E-state index >= 15 is 0 Å². The van der Waals surface area contributed by atoms with Crippen molar-refractivity contribution in [3.63, 3.8) is 0 Å². The molecule has 0 amide bonds. The van der Waals surface area contributed by atoms with Crippen molar-refractivity contribution in [2.45, 2.75) is 33.1 Å². The molecule has 4 rings (SSSR count). The molecule has 0 saturated carbocycles. The maximum atomic E-state index is 13.2. The first-order valence-electron chi connectivity index (χ1n) is 10.6. The molecule has 32 heavy (non-hydrogen) atoms. The van der Waals surface area contributed by atoms with Crippen molar-refractivity contribution in [1.82, 2.24) is 9.66 Å². The largest absolute Gasteiger partial charge is 0.494 e. The minimum atomic E-state index is -0.207. The highest BCUT2D eigenvalue weighted by Gasteiger charge is 2.16. The molecule has 164 valence electrons. The predicted molar refractivity (Wildman–Crippen MR) is 131 cm³/mol. The fourth-order valence-corrected chi connectivity index (χ4v) is 3.71. The van der Waals surface area contributed by atoms with Crippen LogP contribution in [0, 0.1) is 0 Å². The molecule has 2 aromatic carbocycles. The number of benzene rings is 2. The number of nitrogens with zero attached hydrogens (tertiary/aromatic N) is 3. The topological polar surface area (TPSA) is 69.6 Å². The highest BCUT2D eigenvalue weighted by molar-refractivity contribution is 9.10. The number of fused-ring (bicyclic) bond motifs is 1. The molecule has 0 aliphatic carbocycles. The van der Waals surface area contributed by atoms with Crippen LogP contribution in [0.5, 0.6) is 5.75 Å². The lowest BCUT2D eigenvalue weighted by Crippen LogP contribution is -2.23. The van der Waals surface area contributed by atoms with Crippen LogP contribution >= 0.6 is 15.9 Å². The quantitative estimate of drug-likeness (QED) is 0.286. The molecule has 0 radical (unpaired) electrons. The number of hydrogen-bond acceptors (Lipinski definition) is 5. The van der Waals surface area contributed by atoms with Gasteiger partial charge in [0.1, 0.15) is 23.1 Å². The van der Waals surface area contributed by atoms with E-state index in [0.717, 1.165) is 22.2 Å². The second kappa shape index (κ2) is 9.53. The van der Waals surface area contributed by atoms with Crippen LogP contribution in [0.15, 0.2) is 73.4 Å². The molecule has 2 aromatic heterocycles. The van der Waals surface area contributed by atoms with E-state index in [9.17, 15) is 4.79 Å². The number of aromatic nitrogens is 2. The molecule has 6 nitrogen and oxygen atoms in total. The zero-order valence-electron chi connectivity index (χ0n) is 18.2. The molecule has 1 atom stereocenters. The summed E-state index contributed by atoms with van der Waals surface area (Å²) in [6.45, 7) is 6.68. The van der Waals surface area contributed by atoms with Crippen LogP contribution in [-0.4, -0.2) is 22.5 Å². The van der Waals surface area contributed by atoms with E-state index in [4.69, 9.17) is 14.1 Å². The molecular formula is C25H24BrN3O3. The average molecular weight is 494 g/mol. The van der Waals surface area contributed by atoms with E-state index in [2.05, 4.69) is 28.0 Å². The first kappa shape index (κ1) is 22.0. The van der Waals surface area contributed by atoms with Gasteiger partial charge < -0.3 is 9.15 Å². The van der Waals surface area contributed by atoms with E-state index in [1.165, 1.54) is 4.68 Å². The van der Waals surface area contributed by atoms with E-state index in [1.807, 2.05) is 62.4 Å². The van der Waals surface area contributed by atoms with E-state index in [0.29, 0.717) is 34.9 Å². The molecule has 0 fully saturated rings. The van der Waals surface area contributed by atoms with Gasteiger partial charge in [0.2, 0.25) is 0 Å². The molecule has 0 spiro atoms. The number of furan rings is 1. The number of hydrogen-bond donors (Lipinski definition) is 0. The third-order valence-electron chi connectivity index (χ3n) is 5.26. The average Bonchev–Trinajstić information content (AvgIpc) is 3.28. The van der Waals surface area contributed by atoms with Crippen molar-refractivity contribution < 1.29 is 9.15 Å². The smallest absolute Gasteiger partial charge is 0.282 e. The summed E-state index contributed by atoms with van der Waals surface area (Å²) < 4.78 is 13.6. The molecule has 0 bridgehead atoms. The summed E-state index contributed by atoms with van der Waals surface area (Å²) in [5.74, 6) is 2.78. The molecule has 0 unspecified atom stereocenters. The van der Waals surface area contributed by atoms with Gasteiger partial charge in [-0.3, -0.25) is 4.79 Å². The Morgan fingerprint density at radius 2 is 1.94 bits per heavy atom. The van der Waals surface area contributed by atoms with Crippen molar-refractivity contribution >= 4 is 33.0 Å². The van der Waals surface area contributed by atoms with Gasteiger partial charge >= 0.3 is 0 Å². The lowest BCUT2D eigenvalue weighted by atomic mass is 10.1.